The van der Waals surface area contributed by atoms with Gasteiger partial charge in [-0.15, -0.1) is 0 Å². The van der Waals surface area contributed by atoms with Crippen molar-refractivity contribution in [1.82, 2.24) is 4.90 Å². The van der Waals surface area contributed by atoms with Crippen LogP contribution in [-0.2, 0) is 4.79 Å². The van der Waals surface area contributed by atoms with Crippen molar-refractivity contribution in [2.24, 2.45) is 0 Å². The van der Waals surface area contributed by atoms with Crippen LogP contribution in [0.1, 0.15) is 12.8 Å². The lowest BCUT2D eigenvalue weighted by Crippen LogP contribution is -2.42. The maximum Gasteiger partial charge on any atom is 0.244 e. The Bertz CT molecular complexity index is 400. The molecule has 1 aromatic rings. The molecule has 1 aliphatic rings. The van der Waals surface area contributed by atoms with Crippen LogP contribution in [0.15, 0.2) is 24.3 Å². The minimum absolute atomic E-state index is 0.0198. The number of nitrogens with two attached hydrogens (primary N) is 1. The molecule has 0 aliphatic carbocycles. The second-order valence-corrected chi connectivity index (χ2v) is 4.68. The highest BCUT2D eigenvalue weighted by Crippen LogP contribution is 2.26. The molecule has 17 heavy (non-hydrogen) atoms. The maximum absolute atomic E-state index is 12.1. The van der Waals surface area contributed by atoms with Crippen molar-refractivity contribution >= 4 is 17.3 Å². The Morgan fingerprint density at radius 2 is 2.00 bits per heavy atom. The van der Waals surface area contributed by atoms with Gasteiger partial charge in [-0.2, -0.15) is 0 Å². The molecule has 92 valence electrons. The highest BCUT2D eigenvalue weighted by Gasteiger charge is 2.31. The van der Waals surface area contributed by atoms with E-state index in [2.05, 4.69) is 4.90 Å². The number of amides is 1. The average Bonchev–Trinajstić information content (AvgIpc) is 2.77. The number of carbonyl (C=O) groups is 1. The number of benzene rings is 1. The third kappa shape index (κ3) is 2.35. The van der Waals surface area contributed by atoms with Crippen LogP contribution in [0.2, 0.25) is 0 Å². The first-order valence-electron chi connectivity index (χ1n) is 5.93. The number of hydrogen-bond acceptors (Lipinski definition) is 3. The monoisotopic (exact) mass is 233 g/mol. The van der Waals surface area contributed by atoms with Crippen molar-refractivity contribution in [2.75, 3.05) is 31.3 Å². The number of nitrogens with zero attached hydrogens (tertiary/aromatic N) is 2. The van der Waals surface area contributed by atoms with Crippen molar-refractivity contribution in [2.45, 2.75) is 18.9 Å². The lowest BCUT2D eigenvalue weighted by molar-refractivity contribution is -0.129. The molecule has 4 nitrogen and oxygen atoms in total. The van der Waals surface area contributed by atoms with Crippen LogP contribution < -0.4 is 10.6 Å². The van der Waals surface area contributed by atoms with Gasteiger partial charge in [0, 0.05) is 32.0 Å². The molecule has 0 radical (unpaired) electrons. The minimum Gasteiger partial charge on any atom is -0.399 e. The Hall–Kier alpha value is -1.71. The van der Waals surface area contributed by atoms with Crippen molar-refractivity contribution in [1.29, 1.82) is 0 Å². The second kappa shape index (κ2) is 4.65. The smallest absolute Gasteiger partial charge is 0.244 e. The average molecular weight is 233 g/mol. The van der Waals surface area contributed by atoms with Crippen LogP contribution in [0.4, 0.5) is 11.4 Å². The number of anilines is 2. The van der Waals surface area contributed by atoms with E-state index < -0.39 is 0 Å². The second-order valence-electron chi connectivity index (χ2n) is 4.68. The quantitative estimate of drug-likeness (QED) is 0.784. The zero-order valence-corrected chi connectivity index (χ0v) is 10.4. The summed E-state index contributed by atoms with van der Waals surface area (Å²) in [5.41, 5.74) is 7.51. The first kappa shape index (κ1) is 11.8. The summed E-state index contributed by atoms with van der Waals surface area (Å²) in [6, 6.07) is 7.71. The number of likely N-dealkylation sites (N-methyl/N-ethyl adjacent to an activating group) is 1. The molecule has 1 saturated heterocycles. The molecular formula is C13H19N3O. The zero-order valence-electron chi connectivity index (χ0n) is 10.4. The summed E-state index contributed by atoms with van der Waals surface area (Å²) < 4.78 is 0. The lowest BCUT2D eigenvalue weighted by atomic mass is 10.2. The molecule has 2 N–H and O–H groups in total. The van der Waals surface area contributed by atoms with Crippen LogP contribution in [0.25, 0.3) is 0 Å². The van der Waals surface area contributed by atoms with Crippen LogP contribution in [0.5, 0.6) is 0 Å². The number of rotatable bonds is 2. The summed E-state index contributed by atoms with van der Waals surface area (Å²) in [4.78, 5) is 15.9. The van der Waals surface area contributed by atoms with Crippen LogP contribution in [-0.4, -0.2) is 37.5 Å². The van der Waals surface area contributed by atoms with Crippen LogP contribution in [0.3, 0.4) is 0 Å². The molecule has 1 atom stereocenters. The van der Waals surface area contributed by atoms with Gasteiger partial charge in [0.15, 0.2) is 0 Å². The molecule has 0 spiro atoms. The van der Waals surface area contributed by atoms with Gasteiger partial charge in [0.05, 0.1) is 0 Å². The van der Waals surface area contributed by atoms with Crippen molar-refractivity contribution < 1.29 is 4.79 Å². The van der Waals surface area contributed by atoms with Gasteiger partial charge in [-0.25, -0.2) is 0 Å². The van der Waals surface area contributed by atoms with E-state index in [1.807, 2.05) is 38.4 Å². The lowest BCUT2D eigenvalue weighted by Gasteiger charge is -2.28. The zero-order chi connectivity index (χ0) is 12.4. The van der Waals surface area contributed by atoms with Gasteiger partial charge >= 0.3 is 0 Å². The highest BCUT2D eigenvalue weighted by atomic mass is 16.2. The SMILES string of the molecule is CN(C)C(=O)[C@H]1CCCN1c1ccc(N)cc1. The molecular weight excluding hydrogens is 214 g/mol. The highest BCUT2D eigenvalue weighted by molar-refractivity contribution is 5.85. The van der Waals surface area contributed by atoms with E-state index in [0.717, 1.165) is 30.8 Å². The third-order valence-electron chi connectivity index (χ3n) is 3.20. The summed E-state index contributed by atoms with van der Waals surface area (Å²) in [5.74, 6) is 0.180. The molecule has 1 aromatic carbocycles. The van der Waals surface area contributed by atoms with E-state index in [9.17, 15) is 4.79 Å². The molecule has 0 aromatic heterocycles. The summed E-state index contributed by atoms with van der Waals surface area (Å²) >= 11 is 0. The van der Waals surface area contributed by atoms with E-state index >= 15 is 0 Å². The van der Waals surface area contributed by atoms with E-state index in [4.69, 9.17) is 5.73 Å². The molecule has 0 bridgehead atoms. The van der Waals surface area contributed by atoms with Crippen LogP contribution in [0, 0.1) is 0 Å². The van der Waals surface area contributed by atoms with Crippen molar-refractivity contribution in [3.05, 3.63) is 24.3 Å². The summed E-state index contributed by atoms with van der Waals surface area (Å²) in [7, 11) is 3.61. The third-order valence-corrected chi connectivity index (χ3v) is 3.20. The van der Waals surface area contributed by atoms with Gasteiger partial charge in [-0.05, 0) is 37.1 Å². The number of carbonyl (C=O) groups excluding carboxylic acids is 1. The maximum atomic E-state index is 12.1. The summed E-state index contributed by atoms with van der Waals surface area (Å²) in [6.07, 6.45) is 2.00. The van der Waals surface area contributed by atoms with E-state index in [0.29, 0.717) is 0 Å². The summed E-state index contributed by atoms with van der Waals surface area (Å²) in [6.45, 7) is 0.939. The van der Waals surface area contributed by atoms with Gasteiger partial charge in [-0.1, -0.05) is 0 Å². The van der Waals surface area contributed by atoms with Crippen LogP contribution >= 0.6 is 0 Å². The van der Waals surface area contributed by atoms with Crippen molar-refractivity contribution in [3.63, 3.8) is 0 Å². The Morgan fingerprint density at radius 3 is 2.59 bits per heavy atom. The molecule has 0 unspecified atom stereocenters. The molecule has 4 heteroatoms. The Kier molecular flexibility index (Phi) is 3.22. The van der Waals surface area contributed by atoms with Gasteiger partial charge in [-0.3, -0.25) is 4.79 Å². The Balaban J connectivity index is 2.20. The first-order valence-corrected chi connectivity index (χ1v) is 5.93. The molecule has 1 heterocycles. The van der Waals surface area contributed by atoms with E-state index in [1.54, 1.807) is 4.90 Å². The molecule has 1 aliphatic heterocycles. The molecule has 1 fully saturated rings. The fraction of sp³-hybridized carbons (Fsp3) is 0.462. The fourth-order valence-electron chi connectivity index (χ4n) is 2.30. The van der Waals surface area contributed by atoms with Gasteiger partial charge in [0.2, 0.25) is 5.91 Å². The molecule has 1 amide bonds. The predicted octanol–water partition coefficient (Wildman–Crippen LogP) is 1.33. The predicted molar refractivity (Wildman–Crippen MR) is 69.9 cm³/mol. The number of nitrogen functional groups attached to an aromatic ring is 1. The fourth-order valence-corrected chi connectivity index (χ4v) is 2.30. The molecule has 0 saturated carbocycles. The van der Waals surface area contributed by atoms with E-state index in [-0.39, 0.29) is 11.9 Å². The van der Waals surface area contributed by atoms with Gasteiger partial charge in [0.25, 0.3) is 0 Å². The topological polar surface area (TPSA) is 49.6 Å². The van der Waals surface area contributed by atoms with Gasteiger partial charge < -0.3 is 15.5 Å². The van der Waals surface area contributed by atoms with Gasteiger partial charge in [0.1, 0.15) is 6.04 Å². The minimum atomic E-state index is -0.0198. The Labute approximate surface area is 102 Å². The van der Waals surface area contributed by atoms with E-state index in [1.165, 1.54) is 0 Å². The summed E-state index contributed by atoms with van der Waals surface area (Å²) in [5, 5.41) is 0. The standard InChI is InChI=1S/C13H19N3O/c1-15(2)13(17)12-4-3-9-16(12)11-7-5-10(14)6-8-11/h5-8,12H,3-4,9,14H2,1-2H3/t12-/m1/s1. The van der Waals surface area contributed by atoms with Crippen molar-refractivity contribution in [3.8, 4) is 0 Å². The number of hydrogen-bond donors (Lipinski definition) is 1. The largest absolute Gasteiger partial charge is 0.399 e. The Morgan fingerprint density at radius 1 is 1.35 bits per heavy atom. The molecule has 2 rings (SSSR count). The first-order chi connectivity index (χ1) is 8.09. The normalized spacial score (nSPS) is 19.4.